The zero-order valence-corrected chi connectivity index (χ0v) is 17.5. The maximum atomic E-state index is 13.1. The molecular formula is C22H25N6O3+. The number of rotatable bonds is 5. The van der Waals surface area contributed by atoms with Crippen LogP contribution in [0.1, 0.15) is 17.5 Å². The fraction of sp³-hybridized carbons (Fsp3) is 0.364. The Morgan fingerprint density at radius 1 is 1.13 bits per heavy atom. The molecule has 0 amide bonds. The molecule has 4 heterocycles. The van der Waals surface area contributed by atoms with Crippen molar-refractivity contribution >= 4 is 16.7 Å². The molecule has 9 heteroatoms. The summed E-state index contributed by atoms with van der Waals surface area (Å²) >= 11 is 0. The van der Waals surface area contributed by atoms with Gasteiger partial charge >= 0.3 is 5.69 Å². The van der Waals surface area contributed by atoms with Crippen molar-refractivity contribution in [3.8, 4) is 5.75 Å². The predicted molar refractivity (Wildman–Crippen MR) is 114 cm³/mol. The summed E-state index contributed by atoms with van der Waals surface area (Å²) in [5, 5.41) is 5.08. The van der Waals surface area contributed by atoms with E-state index in [1.807, 2.05) is 30.5 Å². The first-order chi connectivity index (χ1) is 15.2. The third-order valence-corrected chi connectivity index (χ3v) is 5.65. The number of pyridine rings is 1. The lowest BCUT2D eigenvalue weighted by molar-refractivity contribution is -0.345. The number of nitrogens with one attached hydrogen (secondary N) is 1. The van der Waals surface area contributed by atoms with Crippen molar-refractivity contribution in [1.29, 1.82) is 0 Å². The van der Waals surface area contributed by atoms with Crippen LogP contribution in [0, 0.1) is 0 Å². The van der Waals surface area contributed by atoms with Crippen LogP contribution in [0.4, 0.5) is 0 Å². The Morgan fingerprint density at radius 2 is 2.00 bits per heavy atom. The smallest absolute Gasteiger partial charge is 0.425 e. The van der Waals surface area contributed by atoms with Gasteiger partial charge in [-0.3, -0.25) is 9.47 Å². The second-order valence-corrected chi connectivity index (χ2v) is 7.72. The Morgan fingerprint density at radius 3 is 2.84 bits per heavy atom. The normalized spacial score (nSPS) is 15.4. The molecule has 1 aromatic carbocycles. The lowest BCUT2D eigenvalue weighted by Crippen LogP contribution is -2.30. The summed E-state index contributed by atoms with van der Waals surface area (Å²) in [5.74, 6) is 0.778. The largest absolute Gasteiger partial charge is 0.497 e. The van der Waals surface area contributed by atoms with Crippen molar-refractivity contribution in [2.24, 2.45) is 0 Å². The number of hydrogen-bond donors (Lipinski definition) is 0. The molecule has 160 valence electrons. The van der Waals surface area contributed by atoms with Gasteiger partial charge in [-0.2, -0.15) is 0 Å². The monoisotopic (exact) mass is 421 g/mol. The van der Waals surface area contributed by atoms with Gasteiger partial charge in [0.25, 0.3) is 12.0 Å². The number of aromatic nitrogens is 5. The molecule has 4 aromatic rings. The SMILES string of the molecule is COc1ccc(Cn2c(=O)n3nc[nH+]c3c3cc(CN4CCCOCC4)cnc32)cc1. The number of fused-ring (bicyclic) bond motifs is 3. The zero-order chi connectivity index (χ0) is 21.2. The average Bonchev–Trinajstić information content (AvgIpc) is 3.16. The maximum Gasteiger partial charge on any atom is 0.425 e. The Labute approximate surface area is 178 Å². The molecule has 0 saturated carbocycles. The van der Waals surface area contributed by atoms with E-state index in [9.17, 15) is 4.79 Å². The molecule has 0 spiro atoms. The van der Waals surface area contributed by atoms with Crippen LogP contribution in [0.5, 0.6) is 5.75 Å². The van der Waals surface area contributed by atoms with Gasteiger partial charge in [0.1, 0.15) is 5.75 Å². The second kappa shape index (κ2) is 8.44. The van der Waals surface area contributed by atoms with Gasteiger partial charge < -0.3 is 9.47 Å². The number of aromatic amines is 1. The van der Waals surface area contributed by atoms with Crippen LogP contribution < -0.4 is 15.4 Å². The third-order valence-electron chi connectivity index (χ3n) is 5.65. The van der Waals surface area contributed by atoms with E-state index in [2.05, 4.69) is 21.0 Å². The summed E-state index contributed by atoms with van der Waals surface area (Å²) in [6.07, 6.45) is 4.43. The minimum atomic E-state index is -0.232. The predicted octanol–water partition coefficient (Wildman–Crippen LogP) is 1.14. The molecule has 3 aromatic heterocycles. The molecule has 1 aliphatic heterocycles. The molecular weight excluding hydrogens is 396 g/mol. The van der Waals surface area contributed by atoms with Gasteiger partial charge in [0.2, 0.25) is 0 Å². The first-order valence-corrected chi connectivity index (χ1v) is 10.4. The summed E-state index contributed by atoms with van der Waals surface area (Å²) in [7, 11) is 1.63. The molecule has 0 bridgehead atoms. The van der Waals surface area contributed by atoms with E-state index in [1.165, 1.54) is 10.8 Å². The van der Waals surface area contributed by atoms with Gasteiger partial charge in [0.05, 0.1) is 25.6 Å². The molecule has 0 unspecified atom stereocenters. The van der Waals surface area contributed by atoms with Gasteiger partial charge in [-0.1, -0.05) is 12.1 Å². The first-order valence-electron chi connectivity index (χ1n) is 10.4. The standard InChI is InChI=1S/C22H24N6O3/c1-30-18-5-3-16(4-6-18)14-27-20-19(21-24-15-25-28(21)22(27)29)11-17(12-23-20)13-26-7-2-9-31-10-8-26/h3-6,11-12,15H,2,7-10,13-14H2,1H3/p+1. The van der Waals surface area contributed by atoms with Gasteiger partial charge in [0.15, 0.2) is 5.65 Å². The van der Waals surface area contributed by atoms with Crippen LogP contribution in [-0.2, 0) is 17.8 Å². The van der Waals surface area contributed by atoms with Crippen molar-refractivity contribution in [2.45, 2.75) is 19.5 Å². The maximum absolute atomic E-state index is 13.1. The highest BCUT2D eigenvalue weighted by Crippen LogP contribution is 2.19. The van der Waals surface area contributed by atoms with Crippen LogP contribution in [0.25, 0.3) is 16.7 Å². The number of methoxy groups -OCH3 is 1. The summed E-state index contributed by atoms with van der Waals surface area (Å²) in [6, 6.07) is 9.78. The van der Waals surface area contributed by atoms with E-state index in [4.69, 9.17) is 14.5 Å². The van der Waals surface area contributed by atoms with E-state index in [0.29, 0.717) is 17.8 Å². The highest BCUT2D eigenvalue weighted by atomic mass is 16.5. The Balaban J connectivity index is 1.56. The lowest BCUT2D eigenvalue weighted by atomic mass is 10.2. The number of benzene rings is 1. The van der Waals surface area contributed by atoms with Crippen LogP contribution in [0.3, 0.4) is 0 Å². The fourth-order valence-electron chi connectivity index (χ4n) is 4.06. The van der Waals surface area contributed by atoms with Crippen LogP contribution >= 0.6 is 0 Å². The van der Waals surface area contributed by atoms with E-state index in [-0.39, 0.29) is 5.69 Å². The average molecular weight is 421 g/mol. The minimum Gasteiger partial charge on any atom is -0.497 e. The molecule has 0 atom stereocenters. The van der Waals surface area contributed by atoms with E-state index in [1.54, 1.807) is 11.7 Å². The van der Waals surface area contributed by atoms with E-state index in [0.717, 1.165) is 61.5 Å². The van der Waals surface area contributed by atoms with Crippen molar-refractivity contribution in [3.05, 3.63) is 64.5 Å². The van der Waals surface area contributed by atoms with Crippen LogP contribution in [-0.4, -0.2) is 57.5 Å². The Kier molecular flexibility index (Phi) is 5.35. The van der Waals surface area contributed by atoms with Crippen molar-refractivity contribution in [2.75, 3.05) is 33.4 Å². The van der Waals surface area contributed by atoms with Gasteiger partial charge in [-0.25, -0.2) is 14.8 Å². The Hall–Kier alpha value is -3.30. The van der Waals surface area contributed by atoms with Crippen molar-refractivity contribution < 1.29 is 14.5 Å². The quantitative estimate of drug-likeness (QED) is 0.480. The van der Waals surface area contributed by atoms with E-state index >= 15 is 0 Å². The summed E-state index contributed by atoms with van der Waals surface area (Å²) in [4.78, 5) is 23.3. The summed E-state index contributed by atoms with van der Waals surface area (Å²) < 4.78 is 13.9. The molecule has 9 nitrogen and oxygen atoms in total. The minimum absolute atomic E-state index is 0.232. The number of ether oxygens (including phenoxy) is 2. The molecule has 31 heavy (non-hydrogen) atoms. The van der Waals surface area contributed by atoms with Crippen LogP contribution in [0.15, 0.2) is 47.7 Å². The Bertz CT molecular complexity index is 1260. The molecule has 0 aliphatic carbocycles. The zero-order valence-electron chi connectivity index (χ0n) is 17.5. The third kappa shape index (κ3) is 3.89. The number of nitrogens with zero attached hydrogens (tertiary/aromatic N) is 5. The number of H-pyrrole nitrogens is 1. The molecule has 0 radical (unpaired) electrons. The summed E-state index contributed by atoms with van der Waals surface area (Å²) in [6.45, 7) is 4.67. The highest BCUT2D eigenvalue weighted by Gasteiger charge is 2.20. The molecule has 1 N–H and O–H groups in total. The van der Waals surface area contributed by atoms with Gasteiger partial charge in [0, 0.05) is 37.5 Å². The van der Waals surface area contributed by atoms with Crippen LogP contribution in [0.2, 0.25) is 0 Å². The van der Waals surface area contributed by atoms with Crippen molar-refractivity contribution in [3.63, 3.8) is 0 Å². The van der Waals surface area contributed by atoms with Gasteiger partial charge in [-0.15, -0.1) is 0 Å². The highest BCUT2D eigenvalue weighted by molar-refractivity contribution is 5.87. The van der Waals surface area contributed by atoms with E-state index < -0.39 is 0 Å². The lowest BCUT2D eigenvalue weighted by Gasteiger charge is -2.19. The fourth-order valence-corrected chi connectivity index (χ4v) is 4.06. The van der Waals surface area contributed by atoms with Gasteiger partial charge in [-0.05, 0) is 40.3 Å². The first kappa shape index (κ1) is 19.7. The molecule has 1 fully saturated rings. The summed E-state index contributed by atoms with van der Waals surface area (Å²) in [5.41, 5.74) is 3.13. The molecule has 1 saturated heterocycles. The number of hydrogen-bond acceptors (Lipinski definition) is 6. The second-order valence-electron chi connectivity index (χ2n) is 7.72. The molecule has 1 aliphatic rings. The molecule has 5 rings (SSSR count). The topological polar surface area (TPSA) is 88.0 Å². The van der Waals surface area contributed by atoms with Crippen molar-refractivity contribution in [1.82, 2.24) is 24.1 Å².